The molecule has 2 rings (SSSR count). The molecule has 0 aromatic carbocycles. The molecular formula is C7H10ClN3. The van der Waals surface area contributed by atoms with Crippen molar-refractivity contribution in [3.63, 3.8) is 0 Å². The van der Waals surface area contributed by atoms with Crippen molar-refractivity contribution >= 4 is 11.6 Å². The molecule has 0 radical (unpaired) electrons. The van der Waals surface area contributed by atoms with Gasteiger partial charge in [0.1, 0.15) is 0 Å². The molecule has 1 aromatic heterocycles. The lowest BCUT2D eigenvalue weighted by Crippen LogP contribution is -2.13. The van der Waals surface area contributed by atoms with E-state index in [1.54, 1.807) is 6.20 Å². The van der Waals surface area contributed by atoms with Crippen molar-refractivity contribution in [2.24, 2.45) is 0 Å². The molecular weight excluding hydrogens is 162 g/mol. The van der Waals surface area contributed by atoms with E-state index in [-0.39, 0.29) is 0 Å². The van der Waals surface area contributed by atoms with E-state index < -0.39 is 0 Å². The van der Waals surface area contributed by atoms with E-state index in [0.717, 1.165) is 24.5 Å². The van der Waals surface area contributed by atoms with Crippen molar-refractivity contribution in [3.05, 3.63) is 17.4 Å². The Labute approximate surface area is 70.3 Å². The average molecular weight is 172 g/mol. The van der Waals surface area contributed by atoms with Gasteiger partial charge in [-0.25, -0.2) is 0 Å². The quantitative estimate of drug-likeness (QED) is 0.685. The van der Waals surface area contributed by atoms with Crippen LogP contribution in [0.3, 0.4) is 0 Å². The van der Waals surface area contributed by atoms with Crippen LogP contribution in [0.15, 0.2) is 12.4 Å². The van der Waals surface area contributed by atoms with Gasteiger partial charge in [0.15, 0.2) is 0 Å². The maximum Gasteiger partial charge on any atom is 0.0785 e. The molecule has 1 saturated heterocycles. The Kier molecular flexibility index (Phi) is 1.84. The van der Waals surface area contributed by atoms with Gasteiger partial charge in [-0.1, -0.05) is 11.6 Å². The number of rotatable bonds is 1. The molecule has 1 fully saturated rings. The molecule has 0 bridgehead atoms. The van der Waals surface area contributed by atoms with Crippen LogP contribution < -0.4 is 5.32 Å². The van der Waals surface area contributed by atoms with Crippen molar-refractivity contribution < 1.29 is 0 Å². The summed E-state index contributed by atoms with van der Waals surface area (Å²) in [5.74, 6) is 0. The first-order chi connectivity index (χ1) is 5.36. The minimum absolute atomic E-state index is 0.502. The number of nitrogens with one attached hydrogen (secondary N) is 1. The number of halogens is 1. The number of hydrogen-bond acceptors (Lipinski definition) is 2. The van der Waals surface area contributed by atoms with Crippen LogP contribution >= 0.6 is 11.6 Å². The van der Waals surface area contributed by atoms with E-state index in [2.05, 4.69) is 10.4 Å². The minimum atomic E-state index is 0.502. The Morgan fingerprint density at radius 1 is 1.73 bits per heavy atom. The Morgan fingerprint density at radius 3 is 3.18 bits per heavy atom. The van der Waals surface area contributed by atoms with Gasteiger partial charge in [0.25, 0.3) is 0 Å². The summed E-state index contributed by atoms with van der Waals surface area (Å²) >= 11 is 5.74. The minimum Gasteiger partial charge on any atom is -0.315 e. The van der Waals surface area contributed by atoms with E-state index in [4.69, 9.17) is 11.6 Å². The highest BCUT2D eigenvalue weighted by Crippen LogP contribution is 2.16. The third-order valence-corrected chi connectivity index (χ3v) is 2.17. The van der Waals surface area contributed by atoms with Crippen molar-refractivity contribution in [2.75, 3.05) is 13.1 Å². The maximum absolute atomic E-state index is 5.74. The Hall–Kier alpha value is -0.540. The summed E-state index contributed by atoms with van der Waals surface area (Å²) in [7, 11) is 0. The zero-order chi connectivity index (χ0) is 7.68. The molecule has 0 aliphatic carbocycles. The summed E-state index contributed by atoms with van der Waals surface area (Å²) < 4.78 is 1.93. The zero-order valence-electron chi connectivity index (χ0n) is 6.13. The molecule has 11 heavy (non-hydrogen) atoms. The maximum atomic E-state index is 5.74. The summed E-state index contributed by atoms with van der Waals surface area (Å²) in [6.07, 6.45) is 4.71. The van der Waals surface area contributed by atoms with Crippen LogP contribution in [-0.4, -0.2) is 22.9 Å². The van der Waals surface area contributed by atoms with E-state index in [1.165, 1.54) is 0 Å². The summed E-state index contributed by atoms with van der Waals surface area (Å²) in [4.78, 5) is 0. The third kappa shape index (κ3) is 1.39. The molecule has 4 heteroatoms. The number of aromatic nitrogens is 2. The molecule has 1 unspecified atom stereocenters. The fourth-order valence-electron chi connectivity index (χ4n) is 1.38. The molecule has 1 aliphatic rings. The van der Waals surface area contributed by atoms with E-state index in [9.17, 15) is 0 Å². The lowest BCUT2D eigenvalue weighted by molar-refractivity contribution is 0.491. The van der Waals surface area contributed by atoms with Gasteiger partial charge in [0, 0.05) is 12.7 Å². The Bertz CT molecular complexity index is 240. The largest absolute Gasteiger partial charge is 0.315 e. The second-order valence-electron chi connectivity index (χ2n) is 2.79. The van der Waals surface area contributed by atoms with E-state index in [0.29, 0.717) is 6.04 Å². The van der Waals surface area contributed by atoms with Crippen LogP contribution in [0.1, 0.15) is 12.5 Å². The molecule has 0 spiro atoms. The predicted molar refractivity (Wildman–Crippen MR) is 43.8 cm³/mol. The lowest BCUT2D eigenvalue weighted by Gasteiger charge is -2.06. The van der Waals surface area contributed by atoms with Crippen LogP contribution in [0.4, 0.5) is 0 Å². The van der Waals surface area contributed by atoms with Crippen LogP contribution in [0, 0.1) is 0 Å². The van der Waals surface area contributed by atoms with Gasteiger partial charge in [0.2, 0.25) is 0 Å². The van der Waals surface area contributed by atoms with Gasteiger partial charge in [-0.05, 0) is 13.0 Å². The van der Waals surface area contributed by atoms with Crippen LogP contribution in [0.25, 0.3) is 0 Å². The van der Waals surface area contributed by atoms with E-state index in [1.807, 2.05) is 10.9 Å². The first-order valence-electron chi connectivity index (χ1n) is 3.76. The Morgan fingerprint density at radius 2 is 2.64 bits per heavy atom. The highest BCUT2D eigenvalue weighted by atomic mass is 35.5. The molecule has 3 nitrogen and oxygen atoms in total. The summed E-state index contributed by atoms with van der Waals surface area (Å²) in [5.41, 5.74) is 0. The lowest BCUT2D eigenvalue weighted by atomic mass is 10.3. The SMILES string of the molecule is Clc1cnn(C2CCNC2)c1. The Balaban J connectivity index is 2.15. The normalized spacial score (nSPS) is 24.3. The summed E-state index contributed by atoms with van der Waals surface area (Å²) in [6, 6.07) is 0.502. The van der Waals surface area contributed by atoms with Gasteiger partial charge in [-0.2, -0.15) is 5.10 Å². The van der Waals surface area contributed by atoms with Gasteiger partial charge < -0.3 is 5.32 Å². The highest BCUT2D eigenvalue weighted by Gasteiger charge is 2.16. The summed E-state index contributed by atoms with van der Waals surface area (Å²) in [5, 5.41) is 8.14. The van der Waals surface area contributed by atoms with Gasteiger partial charge in [-0.15, -0.1) is 0 Å². The zero-order valence-corrected chi connectivity index (χ0v) is 6.88. The third-order valence-electron chi connectivity index (χ3n) is 1.98. The van der Waals surface area contributed by atoms with Crippen molar-refractivity contribution in [1.82, 2.24) is 15.1 Å². The molecule has 1 aliphatic heterocycles. The molecule has 60 valence electrons. The fraction of sp³-hybridized carbons (Fsp3) is 0.571. The molecule has 0 amide bonds. The van der Waals surface area contributed by atoms with Crippen LogP contribution in [-0.2, 0) is 0 Å². The highest BCUT2D eigenvalue weighted by molar-refractivity contribution is 6.30. The van der Waals surface area contributed by atoms with Gasteiger partial charge in [0.05, 0.1) is 17.3 Å². The smallest absolute Gasteiger partial charge is 0.0785 e. The van der Waals surface area contributed by atoms with Gasteiger partial charge in [-0.3, -0.25) is 4.68 Å². The van der Waals surface area contributed by atoms with Gasteiger partial charge >= 0.3 is 0 Å². The van der Waals surface area contributed by atoms with Crippen molar-refractivity contribution in [3.8, 4) is 0 Å². The first kappa shape index (κ1) is 7.13. The average Bonchev–Trinajstić information content (AvgIpc) is 2.55. The second-order valence-corrected chi connectivity index (χ2v) is 3.22. The van der Waals surface area contributed by atoms with Crippen LogP contribution in [0.5, 0.6) is 0 Å². The standard InChI is InChI=1S/C7H10ClN3/c8-6-3-10-11(5-6)7-1-2-9-4-7/h3,5,7,9H,1-2,4H2. The molecule has 1 atom stereocenters. The fourth-order valence-corrected chi connectivity index (χ4v) is 1.52. The number of nitrogens with zero attached hydrogens (tertiary/aromatic N) is 2. The molecule has 1 N–H and O–H groups in total. The van der Waals surface area contributed by atoms with E-state index >= 15 is 0 Å². The van der Waals surface area contributed by atoms with Crippen molar-refractivity contribution in [2.45, 2.75) is 12.5 Å². The first-order valence-corrected chi connectivity index (χ1v) is 4.14. The van der Waals surface area contributed by atoms with Crippen molar-refractivity contribution in [1.29, 1.82) is 0 Å². The van der Waals surface area contributed by atoms with Crippen LogP contribution in [0.2, 0.25) is 5.02 Å². The predicted octanol–water partition coefficient (Wildman–Crippen LogP) is 1.07. The number of hydrogen-bond donors (Lipinski definition) is 1. The summed E-state index contributed by atoms with van der Waals surface area (Å²) in [6.45, 7) is 2.10. The molecule has 1 aromatic rings. The topological polar surface area (TPSA) is 29.9 Å². The molecule has 0 saturated carbocycles. The monoisotopic (exact) mass is 171 g/mol. The molecule has 2 heterocycles. The second kappa shape index (κ2) is 2.83.